The lowest BCUT2D eigenvalue weighted by Gasteiger charge is -2.21. The molecular formula is C9H20FNO. The Balaban J connectivity index is 3.56. The molecule has 0 saturated heterocycles. The summed E-state index contributed by atoms with van der Waals surface area (Å²) in [6.45, 7) is 8.64. The van der Waals surface area contributed by atoms with Crippen molar-refractivity contribution in [1.82, 2.24) is 5.32 Å². The van der Waals surface area contributed by atoms with E-state index in [1.165, 1.54) is 0 Å². The van der Waals surface area contributed by atoms with Crippen LogP contribution in [0.2, 0.25) is 0 Å². The molecule has 0 aromatic rings. The first-order valence-corrected chi connectivity index (χ1v) is 4.49. The molecule has 0 rings (SSSR count). The second kappa shape index (κ2) is 5.49. The van der Waals surface area contributed by atoms with Crippen molar-refractivity contribution in [2.45, 2.75) is 39.5 Å². The summed E-state index contributed by atoms with van der Waals surface area (Å²) in [6.07, 6.45) is 0.0988. The third-order valence-electron chi connectivity index (χ3n) is 1.46. The topological polar surface area (TPSA) is 21.3 Å². The van der Waals surface area contributed by atoms with Crippen LogP contribution in [-0.4, -0.2) is 31.5 Å². The number of halogens is 1. The van der Waals surface area contributed by atoms with Crippen LogP contribution in [0.15, 0.2) is 0 Å². The summed E-state index contributed by atoms with van der Waals surface area (Å²) < 4.78 is 18.6. The molecule has 0 aliphatic heterocycles. The van der Waals surface area contributed by atoms with E-state index in [1.807, 2.05) is 20.8 Å². The van der Waals surface area contributed by atoms with Crippen molar-refractivity contribution in [3.63, 3.8) is 0 Å². The SMILES string of the molecule is CCNCC(C)(F)COC(C)C. The average Bonchev–Trinajstić information content (AvgIpc) is 1.98. The summed E-state index contributed by atoms with van der Waals surface area (Å²) in [5, 5.41) is 2.96. The standard InChI is InChI=1S/C9H20FNO/c1-5-11-6-9(4,10)7-12-8(2)3/h8,11H,5-7H2,1-4H3. The summed E-state index contributed by atoms with van der Waals surface area (Å²) in [7, 11) is 0. The van der Waals surface area contributed by atoms with Crippen molar-refractivity contribution < 1.29 is 9.13 Å². The van der Waals surface area contributed by atoms with E-state index in [0.717, 1.165) is 6.54 Å². The average molecular weight is 177 g/mol. The van der Waals surface area contributed by atoms with E-state index in [-0.39, 0.29) is 12.7 Å². The molecule has 0 saturated carbocycles. The van der Waals surface area contributed by atoms with E-state index in [4.69, 9.17) is 4.74 Å². The van der Waals surface area contributed by atoms with E-state index >= 15 is 0 Å². The van der Waals surface area contributed by atoms with Crippen LogP contribution in [0.1, 0.15) is 27.7 Å². The normalized spacial score (nSPS) is 16.5. The van der Waals surface area contributed by atoms with E-state index in [0.29, 0.717) is 6.54 Å². The van der Waals surface area contributed by atoms with Gasteiger partial charge in [-0.05, 0) is 27.3 Å². The number of nitrogens with one attached hydrogen (secondary N) is 1. The number of hydrogen-bond acceptors (Lipinski definition) is 2. The van der Waals surface area contributed by atoms with Gasteiger partial charge in [-0.3, -0.25) is 0 Å². The summed E-state index contributed by atoms with van der Waals surface area (Å²) in [5.41, 5.74) is -1.25. The molecule has 2 nitrogen and oxygen atoms in total. The van der Waals surface area contributed by atoms with Crippen LogP contribution in [0.5, 0.6) is 0 Å². The molecule has 0 fully saturated rings. The van der Waals surface area contributed by atoms with Crippen molar-refractivity contribution >= 4 is 0 Å². The van der Waals surface area contributed by atoms with Crippen LogP contribution >= 0.6 is 0 Å². The predicted molar refractivity (Wildman–Crippen MR) is 49.1 cm³/mol. The van der Waals surface area contributed by atoms with Gasteiger partial charge >= 0.3 is 0 Å². The van der Waals surface area contributed by atoms with Crippen molar-refractivity contribution in [3.05, 3.63) is 0 Å². The van der Waals surface area contributed by atoms with Crippen molar-refractivity contribution in [3.8, 4) is 0 Å². The Morgan fingerprint density at radius 1 is 1.50 bits per heavy atom. The molecule has 0 aromatic carbocycles. The molecule has 0 radical (unpaired) electrons. The van der Waals surface area contributed by atoms with Gasteiger partial charge in [-0.1, -0.05) is 6.92 Å². The van der Waals surface area contributed by atoms with E-state index in [2.05, 4.69) is 5.32 Å². The Bertz CT molecular complexity index is 115. The van der Waals surface area contributed by atoms with Crippen LogP contribution in [-0.2, 0) is 4.74 Å². The van der Waals surface area contributed by atoms with Gasteiger partial charge in [0, 0.05) is 6.54 Å². The lowest BCUT2D eigenvalue weighted by molar-refractivity contribution is -0.00444. The first-order chi connectivity index (χ1) is 5.48. The van der Waals surface area contributed by atoms with E-state index < -0.39 is 5.67 Å². The van der Waals surface area contributed by atoms with Gasteiger partial charge in [-0.2, -0.15) is 0 Å². The monoisotopic (exact) mass is 177 g/mol. The Labute approximate surface area is 74.5 Å². The fourth-order valence-electron chi connectivity index (χ4n) is 0.777. The molecule has 1 unspecified atom stereocenters. The van der Waals surface area contributed by atoms with Gasteiger partial charge in [-0.15, -0.1) is 0 Å². The number of rotatable bonds is 6. The summed E-state index contributed by atoms with van der Waals surface area (Å²) in [5.74, 6) is 0. The molecular weight excluding hydrogens is 157 g/mol. The highest BCUT2D eigenvalue weighted by Gasteiger charge is 2.22. The molecule has 0 heterocycles. The lowest BCUT2D eigenvalue weighted by Crippen LogP contribution is -2.38. The second-order valence-corrected chi connectivity index (χ2v) is 3.55. The summed E-state index contributed by atoms with van der Waals surface area (Å²) in [6, 6.07) is 0. The van der Waals surface area contributed by atoms with Crippen LogP contribution in [0.4, 0.5) is 4.39 Å². The van der Waals surface area contributed by atoms with Gasteiger partial charge in [0.15, 0.2) is 0 Å². The summed E-state index contributed by atoms with van der Waals surface area (Å²) in [4.78, 5) is 0. The minimum atomic E-state index is -1.25. The van der Waals surface area contributed by atoms with Crippen LogP contribution in [0.3, 0.4) is 0 Å². The quantitative estimate of drug-likeness (QED) is 0.667. The van der Waals surface area contributed by atoms with Gasteiger partial charge < -0.3 is 10.1 Å². The molecule has 0 amide bonds. The number of ether oxygens (including phenoxy) is 1. The molecule has 74 valence electrons. The summed E-state index contributed by atoms with van der Waals surface area (Å²) >= 11 is 0. The fourth-order valence-corrected chi connectivity index (χ4v) is 0.777. The molecule has 0 aliphatic rings. The van der Waals surface area contributed by atoms with Crippen molar-refractivity contribution in [2.75, 3.05) is 19.7 Å². The van der Waals surface area contributed by atoms with Crippen molar-refractivity contribution in [1.29, 1.82) is 0 Å². The lowest BCUT2D eigenvalue weighted by atomic mass is 10.1. The van der Waals surface area contributed by atoms with E-state index in [1.54, 1.807) is 6.92 Å². The second-order valence-electron chi connectivity index (χ2n) is 3.55. The molecule has 0 spiro atoms. The first kappa shape index (κ1) is 11.8. The zero-order valence-electron chi connectivity index (χ0n) is 8.48. The Morgan fingerprint density at radius 3 is 2.50 bits per heavy atom. The van der Waals surface area contributed by atoms with Gasteiger partial charge in [0.2, 0.25) is 0 Å². The fraction of sp³-hybridized carbons (Fsp3) is 1.00. The van der Waals surface area contributed by atoms with E-state index in [9.17, 15) is 4.39 Å². The minimum Gasteiger partial charge on any atom is -0.375 e. The molecule has 3 heteroatoms. The predicted octanol–water partition coefficient (Wildman–Crippen LogP) is 1.75. The molecule has 1 N–H and O–H groups in total. The van der Waals surface area contributed by atoms with Gasteiger partial charge in [0.05, 0.1) is 12.7 Å². The van der Waals surface area contributed by atoms with Crippen molar-refractivity contribution in [2.24, 2.45) is 0 Å². The van der Waals surface area contributed by atoms with Gasteiger partial charge in [-0.25, -0.2) is 4.39 Å². The zero-order valence-corrected chi connectivity index (χ0v) is 8.48. The maximum atomic E-state index is 13.5. The highest BCUT2D eigenvalue weighted by atomic mass is 19.1. The maximum Gasteiger partial charge on any atom is 0.143 e. The minimum absolute atomic E-state index is 0.0988. The number of alkyl halides is 1. The zero-order chi connectivity index (χ0) is 9.61. The Hall–Kier alpha value is -0.150. The number of hydrogen-bond donors (Lipinski definition) is 1. The van der Waals surface area contributed by atoms with Crippen LogP contribution in [0.25, 0.3) is 0 Å². The third kappa shape index (κ3) is 6.55. The van der Waals surface area contributed by atoms with Crippen LogP contribution < -0.4 is 5.32 Å². The van der Waals surface area contributed by atoms with Crippen LogP contribution in [0, 0.1) is 0 Å². The highest BCUT2D eigenvalue weighted by molar-refractivity contribution is 4.75. The molecule has 12 heavy (non-hydrogen) atoms. The smallest absolute Gasteiger partial charge is 0.143 e. The third-order valence-corrected chi connectivity index (χ3v) is 1.46. The van der Waals surface area contributed by atoms with Gasteiger partial charge in [0.1, 0.15) is 5.67 Å². The molecule has 0 bridgehead atoms. The largest absolute Gasteiger partial charge is 0.375 e. The Morgan fingerprint density at radius 2 is 2.08 bits per heavy atom. The molecule has 0 aliphatic carbocycles. The highest BCUT2D eigenvalue weighted by Crippen LogP contribution is 2.10. The molecule has 0 aromatic heterocycles. The maximum absolute atomic E-state index is 13.5. The van der Waals surface area contributed by atoms with Gasteiger partial charge in [0.25, 0.3) is 0 Å². The Kier molecular flexibility index (Phi) is 5.42. The molecule has 1 atom stereocenters. The first-order valence-electron chi connectivity index (χ1n) is 4.49.